The molecule has 1 aromatic rings. The lowest BCUT2D eigenvalue weighted by atomic mass is 9.94. The van der Waals surface area contributed by atoms with Crippen LogP contribution in [0.15, 0.2) is 6.33 Å². The molecule has 1 aliphatic rings. The molecule has 2 heterocycles. The predicted octanol–water partition coefficient (Wildman–Crippen LogP) is 3.23. The van der Waals surface area contributed by atoms with Crippen LogP contribution in [0.3, 0.4) is 0 Å². The standard InChI is InChI=1S/C15H26N4/c1-4-8-16-14-12(3)15(18-11-17-14)19-9-6-13(5-2)7-10-19/h11,13H,4-10H2,1-3H3,(H,16,17,18). The second kappa shape index (κ2) is 6.73. The van der Waals surface area contributed by atoms with Crippen LogP contribution in [0, 0.1) is 12.8 Å². The van der Waals surface area contributed by atoms with Crippen LogP contribution in [0.4, 0.5) is 11.6 Å². The van der Waals surface area contributed by atoms with Gasteiger partial charge in [-0.15, -0.1) is 0 Å². The van der Waals surface area contributed by atoms with Crippen LogP contribution < -0.4 is 10.2 Å². The first-order valence-electron chi connectivity index (χ1n) is 7.56. The minimum atomic E-state index is 0.899. The zero-order chi connectivity index (χ0) is 13.7. The van der Waals surface area contributed by atoms with Crippen LogP contribution in [0.25, 0.3) is 0 Å². The molecular formula is C15H26N4. The largest absolute Gasteiger partial charge is 0.370 e. The van der Waals surface area contributed by atoms with E-state index in [4.69, 9.17) is 0 Å². The third kappa shape index (κ3) is 3.37. The molecule has 1 fully saturated rings. The minimum absolute atomic E-state index is 0.899. The fraction of sp³-hybridized carbons (Fsp3) is 0.733. The van der Waals surface area contributed by atoms with Crippen LogP contribution in [-0.4, -0.2) is 29.6 Å². The van der Waals surface area contributed by atoms with E-state index in [1.165, 1.54) is 24.8 Å². The number of hydrogen-bond donors (Lipinski definition) is 1. The van der Waals surface area contributed by atoms with E-state index < -0.39 is 0 Å². The van der Waals surface area contributed by atoms with Crippen LogP contribution in [0.2, 0.25) is 0 Å². The Kier molecular flexibility index (Phi) is 5.00. The normalized spacial score (nSPS) is 16.7. The molecule has 0 aromatic carbocycles. The summed E-state index contributed by atoms with van der Waals surface area (Å²) >= 11 is 0. The van der Waals surface area contributed by atoms with Crippen LogP contribution >= 0.6 is 0 Å². The van der Waals surface area contributed by atoms with Gasteiger partial charge in [0.25, 0.3) is 0 Å². The first-order valence-corrected chi connectivity index (χ1v) is 7.56. The van der Waals surface area contributed by atoms with E-state index in [1.54, 1.807) is 6.33 Å². The Morgan fingerprint density at radius 3 is 2.63 bits per heavy atom. The number of aromatic nitrogens is 2. The van der Waals surface area contributed by atoms with E-state index in [-0.39, 0.29) is 0 Å². The van der Waals surface area contributed by atoms with E-state index >= 15 is 0 Å². The number of rotatable bonds is 5. The summed E-state index contributed by atoms with van der Waals surface area (Å²) in [6.07, 6.45) is 6.68. The molecular weight excluding hydrogens is 236 g/mol. The highest BCUT2D eigenvalue weighted by Crippen LogP contribution is 2.27. The van der Waals surface area contributed by atoms with Gasteiger partial charge in [-0.05, 0) is 32.1 Å². The summed E-state index contributed by atoms with van der Waals surface area (Å²) < 4.78 is 0. The van der Waals surface area contributed by atoms with Gasteiger partial charge in [0.15, 0.2) is 0 Å². The maximum Gasteiger partial charge on any atom is 0.137 e. The van der Waals surface area contributed by atoms with Gasteiger partial charge in [-0.2, -0.15) is 0 Å². The molecule has 0 aliphatic carbocycles. The number of hydrogen-bond acceptors (Lipinski definition) is 4. The lowest BCUT2D eigenvalue weighted by molar-refractivity contribution is 0.393. The second-order valence-corrected chi connectivity index (χ2v) is 5.44. The van der Waals surface area contributed by atoms with E-state index in [1.807, 2.05) is 0 Å². The van der Waals surface area contributed by atoms with Crippen molar-refractivity contribution in [1.82, 2.24) is 9.97 Å². The summed E-state index contributed by atoms with van der Waals surface area (Å²) in [6, 6.07) is 0. The SMILES string of the molecule is CCCNc1ncnc(N2CCC(CC)CC2)c1C. The quantitative estimate of drug-likeness (QED) is 0.884. The van der Waals surface area contributed by atoms with Crippen molar-refractivity contribution < 1.29 is 0 Å². The number of nitrogens with zero attached hydrogens (tertiary/aromatic N) is 3. The van der Waals surface area contributed by atoms with Crippen LogP contribution in [0.5, 0.6) is 0 Å². The van der Waals surface area contributed by atoms with Crippen molar-refractivity contribution in [1.29, 1.82) is 0 Å². The van der Waals surface area contributed by atoms with Gasteiger partial charge < -0.3 is 10.2 Å². The summed E-state index contributed by atoms with van der Waals surface area (Å²) in [5, 5.41) is 3.38. The molecule has 1 aromatic heterocycles. The predicted molar refractivity (Wildman–Crippen MR) is 80.8 cm³/mol. The Hall–Kier alpha value is -1.32. The van der Waals surface area contributed by atoms with Gasteiger partial charge in [-0.1, -0.05) is 20.3 Å². The lowest BCUT2D eigenvalue weighted by Gasteiger charge is -2.33. The monoisotopic (exact) mass is 262 g/mol. The number of piperidine rings is 1. The molecule has 1 saturated heterocycles. The molecule has 1 aliphatic heterocycles. The molecule has 19 heavy (non-hydrogen) atoms. The summed E-state index contributed by atoms with van der Waals surface area (Å²) in [5.74, 6) is 3.00. The fourth-order valence-corrected chi connectivity index (χ4v) is 2.73. The first kappa shape index (κ1) is 14.1. The Labute approximate surface area is 116 Å². The van der Waals surface area contributed by atoms with Crippen LogP contribution in [0.1, 0.15) is 45.1 Å². The average molecular weight is 262 g/mol. The zero-order valence-corrected chi connectivity index (χ0v) is 12.4. The smallest absolute Gasteiger partial charge is 0.137 e. The molecule has 0 radical (unpaired) electrons. The first-order chi connectivity index (χ1) is 9.26. The van der Waals surface area contributed by atoms with Gasteiger partial charge >= 0.3 is 0 Å². The van der Waals surface area contributed by atoms with Gasteiger partial charge in [0.05, 0.1) is 0 Å². The molecule has 2 rings (SSSR count). The van der Waals surface area contributed by atoms with Gasteiger partial charge in [-0.25, -0.2) is 9.97 Å². The molecule has 0 saturated carbocycles. The van der Waals surface area contributed by atoms with E-state index in [0.717, 1.165) is 43.6 Å². The fourth-order valence-electron chi connectivity index (χ4n) is 2.73. The van der Waals surface area contributed by atoms with E-state index in [0.29, 0.717) is 0 Å². The Balaban J connectivity index is 2.08. The topological polar surface area (TPSA) is 41.1 Å². The van der Waals surface area contributed by atoms with Crippen molar-refractivity contribution in [3.05, 3.63) is 11.9 Å². The highest BCUT2D eigenvalue weighted by molar-refractivity contribution is 5.58. The molecule has 4 heteroatoms. The molecule has 1 N–H and O–H groups in total. The Morgan fingerprint density at radius 1 is 1.26 bits per heavy atom. The molecule has 4 nitrogen and oxygen atoms in total. The van der Waals surface area contributed by atoms with Crippen molar-refractivity contribution in [3.8, 4) is 0 Å². The van der Waals surface area contributed by atoms with Gasteiger partial charge in [0, 0.05) is 25.2 Å². The molecule has 0 amide bonds. The minimum Gasteiger partial charge on any atom is -0.370 e. The number of nitrogens with one attached hydrogen (secondary N) is 1. The second-order valence-electron chi connectivity index (χ2n) is 5.44. The molecule has 0 spiro atoms. The summed E-state index contributed by atoms with van der Waals surface area (Å²) in [5.41, 5.74) is 1.19. The summed E-state index contributed by atoms with van der Waals surface area (Å²) in [7, 11) is 0. The van der Waals surface area contributed by atoms with E-state index in [2.05, 4.69) is 41.0 Å². The molecule has 106 valence electrons. The zero-order valence-electron chi connectivity index (χ0n) is 12.4. The third-order valence-corrected chi connectivity index (χ3v) is 4.09. The highest BCUT2D eigenvalue weighted by atomic mass is 15.2. The highest BCUT2D eigenvalue weighted by Gasteiger charge is 2.21. The third-order valence-electron chi connectivity index (χ3n) is 4.09. The lowest BCUT2D eigenvalue weighted by Crippen LogP contribution is -2.34. The van der Waals surface area contributed by atoms with Crippen molar-refractivity contribution in [2.45, 2.75) is 46.5 Å². The van der Waals surface area contributed by atoms with Crippen molar-refractivity contribution in [3.63, 3.8) is 0 Å². The molecule has 0 bridgehead atoms. The van der Waals surface area contributed by atoms with Crippen LogP contribution in [-0.2, 0) is 0 Å². The van der Waals surface area contributed by atoms with Crippen molar-refractivity contribution in [2.24, 2.45) is 5.92 Å². The van der Waals surface area contributed by atoms with Gasteiger partial charge in [0.2, 0.25) is 0 Å². The number of anilines is 2. The average Bonchev–Trinajstić information content (AvgIpc) is 2.46. The van der Waals surface area contributed by atoms with Gasteiger partial charge in [0.1, 0.15) is 18.0 Å². The van der Waals surface area contributed by atoms with E-state index in [9.17, 15) is 0 Å². The Bertz CT molecular complexity index is 397. The summed E-state index contributed by atoms with van der Waals surface area (Å²) in [4.78, 5) is 11.3. The Morgan fingerprint density at radius 2 is 2.00 bits per heavy atom. The molecule has 0 atom stereocenters. The maximum atomic E-state index is 4.50. The van der Waals surface area contributed by atoms with Crippen molar-refractivity contribution >= 4 is 11.6 Å². The molecule has 0 unspecified atom stereocenters. The van der Waals surface area contributed by atoms with Gasteiger partial charge in [-0.3, -0.25) is 0 Å². The van der Waals surface area contributed by atoms with Crippen molar-refractivity contribution in [2.75, 3.05) is 29.9 Å². The maximum absolute atomic E-state index is 4.50. The summed E-state index contributed by atoms with van der Waals surface area (Å²) in [6.45, 7) is 9.81.